The van der Waals surface area contributed by atoms with E-state index in [0.717, 1.165) is 32.2 Å². The van der Waals surface area contributed by atoms with E-state index in [1.165, 1.54) is 12.4 Å². The molecule has 1 aromatic rings. The van der Waals surface area contributed by atoms with Crippen LogP contribution in [0.4, 0.5) is 5.95 Å². The molecular formula is C12H16N4O2. The van der Waals surface area contributed by atoms with Gasteiger partial charge in [-0.3, -0.25) is 9.59 Å². The quantitative estimate of drug-likeness (QED) is 0.778. The summed E-state index contributed by atoms with van der Waals surface area (Å²) in [6, 6.07) is 0. The zero-order valence-electron chi connectivity index (χ0n) is 10.1. The Bertz CT molecular complexity index is 424. The number of primary amides is 1. The lowest BCUT2D eigenvalue weighted by molar-refractivity contribution is -0.119. The van der Waals surface area contributed by atoms with Crippen molar-refractivity contribution in [3.63, 3.8) is 0 Å². The summed E-state index contributed by atoms with van der Waals surface area (Å²) in [6.07, 6.45) is 6.06. The van der Waals surface area contributed by atoms with Gasteiger partial charge in [-0.15, -0.1) is 0 Å². The SMILES string of the molecule is NC(=O)CC1CCN(c2ncc(C=O)cn2)CC1. The highest BCUT2D eigenvalue weighted by Gasteiger charge is 2.21. The minimum Gasteiger partial charge on any atom is -0.370 e. The number of piperidine rings is 1. The fourth-order valence-electron chi connectivity index (χ4n) is 2.18. The molecular weight excluding hydrogens is 232 g/mol. The number of anilines is 1. The largest absolute Gasteiger partial charge is 0.370 e. The summed E-state index contributed by atoms with van der Waals surface area (Å²) in [4.78, 5) is 31.7. The molecule has 18 heavy (non-hydrogen) atoms. The summed E-state index contributed by atoms with van der Waals surface area (Å²) in [7, 11) is 0. The molecule has 0 saturated carbocycles. The molecule has 6 heteroatoms. The molecule has 2 rings (SSSR count). The fraction of sp³-hybridized carbons (Fsp3) is 0.500. The highest BCUT2D eigenvalue weighted by atomic mass is 16.1. The number of aromatic nitrogens is 2. The summed E-state index contributed by atoms with van der Waals surface area (Å²) < 4.78 is 0. The third-order valence-corrected chi connectivity index (χ3v) is 3.18. The fourth-order valence-corrected chi connectivity index (χ4v) is 2.18. The van der Waals surface area contributed by atoms with Crippen LogP contribution in [0.1, 0.15) is 29.6 Å². The van der Waals surface area contributed by atoms with Gasteiger partial charge in [0.2, 0.25) is 11.9 Å². The predicted octanol–water partition coefficient (Wildman–Crippen LogP) is 0.381. The summed E-state index contributed by atoms with van der Waals surface area (Å²) in [5, 5.41) is 0. The highest BCUT2D eigenvalue weighted by Crippen LogP contribution is 2.22. The van der Waals surface area contributed by atoms with Crippen molar-refractivity contribution in [2.75, 3.05) is 18.0 Å². The maximum absolute atomic E-state index is 10.8. The Balaban J connectivity index is 1.92. The lowest BCUT2D eigenvalue weighted by Gasteiger charge is -2.31. The van der Waals surface area contributed by atoms with Crippen LogP contribution in [0.2, 0.25) is 0 Å². The zero-order valence-corrected chi connectivity index (χ0v) is 10.1. The highest BCUT2D eigenvalue weighted by molar-refractivity contribution is 5.74. The lowest BCUT2D eigenvalue weighted by Crippen LogP contribution is -2.36. The van der Waals surface area contributed by atoms with Gasteiger partial charge in [0.05, 0.1) is 5.56 Å². The van der Waals surface area contributed by atoms with E-state index in [1.54, 1.807) is 0 Å². The van der Waals surface area contributed by atoms with Crippen molar-refractivity contribution in [2.45, 2.75) is 19.3 Å². The summed E-state index contributed by atoms with van der Waals surface area (Å²) in [5.74, 6) is 0.770. The smallest absolute Gasteiger partial charge is 0.225 e. The molecule has 1 aliphatic heterocycles. The van der Waals surface area contributed by atoms with Crippen LogP contribution >= 0.6 is 0 Å². The van der Waals surface area contributed by atoms with Crippen LogP contribution in [0.15, 0.2) is 12.4 Å². The van der Waals surface area contributed by atoms with Gasteiger partial charge in [0, 0.05) is 31.9 Å². The van der Waals surface area contributed by atoms with E-state index in [0.29, 0.717) is 23.9 Å². The van der Waals surface area contributed by atoms with E-state index >= 15 is 0 Å². The van der Waals surface area contributed by atoms with Gasteiger partial charge in [0.1, 0.15) is 0 Å². The molecule has 1 saturated heterocycles. The van der Waals surface area contributed by atoms with Gasteiger partial charge in [-0.1, -0.05) is 0 Å². The molecule has 1 aromatic heterocycles. The minimum atomic E-state index is -0.236. The second kappa shape index (κ2) is 5.57. The first kappa shape index (κ1) is 12.5. The molecule has 1 fully saturated rings. The van der Waals surface area contributed by atoms with Gasteiger partial charge < -0.3 is 10.6 Å². The molecule has 0 atom stereocenters. The number of nitrogens with zero attached hydrogens (tertiary/aromatic N) is 3. The van der Waals surface area contributed by atoms with Crippen LogP contribution in [0.3, 0.4) is 0 Å². The van der Waals surface area contributed by atoms with E-state index in [2.05, 4.69) is 14.9 Å². The third-order valence-electron chi connectivity index (χ3n) is 3.18. The van der Waals surface area contributed by atoms with E-state index < -0.39 is 0 Å². The summed E-state index contributed by atoms with van der Waals surface area (Å²) in [5.41, 5.74) is 5.67. The third kappa shape index (κ3) is 3.03. The van der Waals surface area contributed by atoms with Crippen LogP contribution < -0.4 is 10.6 Å². The maximum Gasteiger partial charge on any atom is 0.225 e. The molecule has 6 nitrogen and oxygen atoms in total. The molecule has 0 aliphatic carbocycles. The average molecular weight is 248 g/mol. The van der Waals surface area contributed by atoms with Crippen molar-refractivity contribution in [3.8, 4) is 0 Å². The number of carbonyl (C=O) groups is 2. The number of nitrogens with two attached hydrogens (primary N) is 1. The van der Waals surface area contributed by atoms with E-state index in [-0.39, 0.29) is 5.91 Å². The van der Waals surface area contributed by atoms with E-state index in [9.17, 15) is 9.59 Å². The maximum atomic E-state index is 10.8. The number of hydrogen-bond acceptors (Lipinski definition) is 5. The van der Waals surface area contributed by atoms with Crippen LogP contribution in [-0.4, -0.2) is 35.3 Å². The monoisotopic (exact) mass is 248 g/mol. The number of hydrogen-bond donors (Lipinski definition) is 1. The number of rotatable bonds is 4. The molecule has 2 heterocycles. The first-order valence-electron chi connectivity index (χ1n) is 5.99. The van der Waals surface area contributed by atoms with E-state index in [4.69, 9.17) is 5.73 Å². The molecule has 0 radical (unpaired) electrons. The van der Waals surface area contributed by atoms with Gasteiger partial charge in [-0.05, 0) is 18.8 Å². The molecule has 0 spiro atoms. The molecule has 96 valence electrons. The second-order valence-corrected chi connectivity index (χ2v) is 4.54. The van der Waals surface area contributed by atoms with Crippen molar-refractivity contribution in [1.29, 1.82) is 0 Å². The van der Waals surface area contributed by atoms with Gasteiger partial charge in [0.25, 0.3) is 0 Å². The topological polar surface area (TPSA) is 89.2 Å². The first-order valence-corrected chi connectivity index (χ1v) is 5.99. The van der Waals surface area contributed by atoms with Crippen LogP contribution in [0.5, 0.6) is 0 Å². The standard InChI is InChI=1S/C12H16N4O2/c13-11(18)5-9-1-3-16(4-2-9)12-14-6-10(8-17)7-15-12/h6-9H,1-5H2,(H2,13,18). The Morgan fingerprint density at radius 3 is 2.50 bits per heavy atom. The Morgan fingerprint density at radius 1 is 1.39 bits per heavy atom. The Morgan fingerprint density at radius 2 is 2.00 bits per heavy atom. The van der Waals surface area contributed by atoms with Crippen molar-refractivity contribution >= 4 is 18.1 Å². The Labute approximate surface area is 105 Å². The molecule has 1 amide bonds. The van der Waals surface area contributed by atoms with Crippen molar-refractivity contribution in [3.05, 3.63) is 18.0 Å². The van der Waals surface area contributed by atoms with Crippen LogP contribution in [0, 0.1) is 5.92 Å². The lowest BCUT2D eigenvalue weighted by atomic mass is 9.93. The molecule has 2 N–H and O–H groups in total. The van der Waals surface area contributed by atoms with Crippen LogP contribution in [0.25, 0.3) is 0 Å². The summed E-state index contributed by atoms with van der Waals surface area (Å²) in [6.45, 7) is 1.64. The second-order valence-electron chi connectivity index (χ2n) is 4.54. The van der Waals surface area contributed by atoms with Crippen molar-refractivity contribution in [2.24, 2.45) is 11.7 Å². The predicted molar refractivity (Wildman–Crippen MR) is 66.2 cm³/mol. The normalized spacial score (nSPS) is 16.6. The molecule has 1 aliphatic rings. The number of carbonyl (C=O) groups excluding carboxylic acids is 2. The first-order chi connectivity index (χ1) is 8.69. The molecule has 0 aromatic carbocycles. The zero-order chi connectivity index (χ0) is 13.0. The summed E-state index contributed by atoms with van der Waals surface area (Å²) >= 11 is 0. The van der Waals surface area contributed by atoms with Gasteiger partial charge in [-0.2, -0.15) is 0 Å². The van der Waals surface area contributed by atoms with E-state index in [1.807, 2.05) is 0 Å². The number of aldehydes is 1. The van der Waals surface area contributed by atoms with Gasteiger partial charge in [0.15, 0.2) is 6.29 Å². The Hall–Kier alpha value is -1.98. The van der Waals surface area contributed by atoms with Crippen LogP contribution in [-0.2, 0) is 4.79 Å². The minimum absolute atomic E-state index is 0.236. The number of amides is 1. The molecule has 0 unspecified atom stereocenters. The van der Waals surface area contributed by atoms with Gasteiger partial charge >= 0.3 is 0 Å². The Kier molecular flexibility index (Phi) is 3.86. The average Bonchev–Trinajstić information content (AvgIpc) is 2.39. The van der Waals surface area contributed by atoms with Crippen molar-refractivity contribution in [1.82, 2.24) is 9.97 Å². The molecule has 0 bridgehead atoms. The van der Waals surface area contributed by atoms with Gasteiger partial charge in [-0.25, -0.2) is 9.97 Å². The van der Waals surface area contributed by atoms with Crippen molar-refractivity contribution < 1.29 is 9.59 Å².